The van der Waals surface area contributed by atoms with Crippen LogP contribution in [0, 0.1) is 0 Å². The van der Waals surface area contributed by atoms with Crippen molar-refractivity contribution in [3.63, 3.8) is 0 Å². The van der Waals surface area contributed by atoms with Gasteiger partial charge in [0.1, 0.15) is 12.2 Å². The summed E-state index contributed by atoms with van der Waals surface area (Å²) in [5.41, 5.74) is -2.55. The molecule has 12 heteroatoms. The fourth-order valence-corrected chi connectivity index (χ4v) is 3.10. The van der Waals surface area contributed by atoms with Gasteiger partial charge >= 0.3 is 0 Å². The van der Waals surface area contributed by atoms with Gasteiger partial charge in [-0.25, -0.2) is 13.1 Å². The predicted octanol–water partition coefficient (Wildman–Crippen LogP) is -2.70. The normalized spacial score (nSPS) is 19.2. The van der Waals surface area contributed by atoms with Crippen molar-refractivity contribution in [2.45, 2.75) is 55.3 Å². The highest BCUT2D eigenvalue weighted by molar-refractivity contribution is 7.88. The maximum atomic E-state index is 12.4. The van der Waals surface area contributed by atoms with Gasteiger partial charge < -0.3 is 30.8 Å². The third-order valence-electron chi connectivity index (χ3n) is 3.84. The van der Waals surface area contributed by atoms with Gasteiger partial charge in [0.05, 0.1) is 12.9 Å². The van der Waals surface area contributed by atoms with E-state index in [2.05, 4.69) is 22.7 Å². The maximum absolute atomic E-state index is 12.4. The molecule has 0 heterocycles. The summed E-state index contributed by atoms with van der Waals surface area (Å²) in [7, 11) is -3.36. The van der Waals surface area contributed by atoms with E-state index in [-0.39, 0.29) is 25.9 Å². The van der Waals surface area contributed by atoms with Crippen molar-refractivity contribution in [3.8, 4) is 0 Å². The van der Waals surface area contributed by atoms with E-state index in [1.54, 1.807) is 6.92 Å². The number of carbonyl (C=O) groups is 1. The lowest BCUT2D eigenvalue weighted by atomic mass is 9.84. The van der Waals surface area contributed by atoms with E-state index in [0.717, 1.165) is 6.26 Å². The molecule has 0 fully saturated rings. The topological polar surface area (TPSA) is 176 Å². The Bertz CT molecular complexity index is 543. The first-order valence-electron chi connectivity index (χ1n) is 8.20. The van der Waals surface area contributed by atoms with Gasteiger partial charge in [0.2, 0.25) is 10.0 Å². The number of hydrogen-bond acceptors (Lipinski definition) is 9. The Balaban J connectivity index is 5.11. The molecule has 1 amide bonds. The molecule has 0 rings (SSSR count). The molecule has 0 aromatic carbocycles. The minimum Gasteiger partial charge on any atom is -0.394 e. The molecule has 0 aromatic heterocycles. The SMILES string of the molecule is CCCCC(O)(C(=O)NCCCNS(C)(=O)=O)C(O)(S)C(O)C(O)CO. The number of thiol groups is 1. The molecule has 156 valence electrons. The van der Waals surface area contributed by atoms with E-state index in [1.807, 2.05) is 0 Å². The summed E-state index contributed by atoms with van der Waals surface area (Å²) in [5.74, 6) is -1.04. The van der Waals surface area contributed by atoms with E-state index >= 15 is 0 Å². The lowest BCUT2D eigenvalue weighted by Gasteiger charge is -2.42. The van der Waals surface area contributed by atoms with Crippen LogP contribution in [0.25, 0.3) is 0 Å². The number of carbonyl (C=O) groups excluding carboxylic acids is 1. The Hall–Kier alpha value is -0.470. The molecule has 26 heavy (non-hydrogen) atoms. The van der Waals surface area contributed by atoms with Crippen LogP contribution in [0.2, 0.25) is 0 Å². The smallest absolute Gasteiger partial charge is 0.256 e. The van der Waals surface area contributed by atoms with E-state index in [9.17, 15) is 33.6 Å². The molecular formula is C14H30N2O8S2. The highest BCUT2D eigenvalue weighted by Gasteiger charge is 2.57. The molecule has 0 aliphatic carbocycles. The van der Waals surface area contributed by atoms with Gasteiger partial charge in [0.15, 0.2) is 10.5 Å². The third kappa shape index (κ3) is 7.27. The lowest BCUT2D eigenvalue weighted by molar-refractivity contribution is -0.189. The van der Waals surface area contributed by atoms with Crippen LogP contribution < -0.4 is 10.0 Å². The van der Waals surface area contributed by atoms with Gasteiger partial charge in [0.25, 0.3) is 5.91 Å². The van der Waals surface area contributed by atoms with Crippen LogP contribution in [0.4, 0.5) is 0 Å². The molecule has 10 nitrogen and oxygen atoms in total. The van der Waals surface area contributed by atoms with Gasteiger partial charge in [-0.1, -0.05) is 19.8 Å². The second-order valence-corrected chi connectivity index (χ2v) is 8.68. The molecular weight excluding hydrogens is 388 g/mol. The van der Waals surface area contributed by atoms with Crippen molar-refractivity contribution in [2.24, 2.45) is 0 Å². The number of sulfonamides is 1. The summed E-state index contributed by atoms with van der Waals surface area (Å²) in [6, 6.07) is 0. The number of aliphatic hydroxyl groups excluding tert-OH is 3. The lowest BCUT2D eigenvalue weighted by Crippen LogP contribution is -2.67. The first kappa shape index (κ1) is 25.5. The average molecular weight is 419 g/mol. The van der Waals surface area contributed by atoms with Crippen LogP contribution in [0.5, 0.6) is 0 Å². The summed E-state index contributed by atoms with van der Waals surface area (Å²) in [4.78, 5) is 9.69. The molecule has 0 aliphatic rings. The van der Waals surface area contributed by atoms with E-state index < -0.39 is 45.3 Å². The van der Waals surface area contributed by atoms with Crippen molar-refractivity contribution in [1.82, 2.24) is 10.0 Å². The number of amides is 1. The Labute approximate surface area is 159 Å². The summed E-state index contributed by atoms with van der Waals surface area (Å²) >= 11 is 3.80. The van der Waals surface area contributed by atoms with Crippen molar-refractivity contribution in [1.29, 1.82) is 0 Å². The number of rotatable bonds is 13. The van der Waals surface area contributed by atoms with Crippen LogP contribution in [-0.4, -0.2) is 88.6 Å². The van der Waals surface area contributed by atoms with Crippen molar-refractivity contribution in [2.75, 3.05) is 26.0 Å². The number of hydrogen-bond donors (Lipinski definition) is 8. The molecule has 7 N–H and O–H groups in total. The Morgan fingerprint density at radius 2 is 1.77 bits per heavy atom. The van der Waals surface area contributed by atoms with E-state index in [1.165, 1.54) is 0 Å². The minimum absolute atomic E-state index is 0.0156. The highest BCUT2D eigenvalue weighted by Crippen LogP contribution is 2.36. The van der Waals surface area contributed by atoms with Crippen molar-refractivity contribution in [3.05, 3.63) is 0 Å². The zero-order valence-corrected chi connectivity index (χ0v) is 16.6. The molecule has 4 atom stereocenters. The Kier molecular flexibility index (Phi) is 10.6. The summed E-state index contributed by atoms with van der Waals surface area (Å²) < 4.78 is 24.1. The molecule has 0 spiro atoms. The van der Waals surface area contributed by atoms with Crippen LogP contribution in [0.15, 0.2) is 0 Å². The largest absolute Gasteiger partial charge is 0.394 e. The zero-order valence-electron chi connectivity index (χ0n) is 14.9. The van der Waals surface area contributed by atoms with Crippen LogP contribution in [0.1, 0.15) is 32.6 Å². The second-order valence-electron chi connectivity index (χ2n) is 6.16. The summed E-state index contributed by atoms with van der Waals surface area (Å²) in [6.45, 7) is 0.917. The fourth-order valence-electron chi connectivity index (χ4n) is 2.20. The Morgan fingerprint density at radius 1 is 1.19 bits per heavy atom. The standard InChI is InChI=1S/C14H30N2O8S2/c1-3-4-6-13(21,14(22,25)11(19)10(18)9-17)12(20)15-7-5-8-16-26(2,23)24/h10-11,16-19,21-22,25H,3-9H2,1-2H3,(H,15,20). The van der Waals surface area contributed by atoms with Crippen LogP contribution in [0.3, 0.4) is 0 Å². The number of nitrogens with one attached hydrogen (secondary N) is 2. The fraction of sp³-hybridized carbons (Fsp3) is 0.929. The summed E-state index contributed by atoms with van der Waals surface area (Å²) in [6.07, 6.45) is -2.10. The van der Waals surface area contributed by atoms with Gasteiger partial charge in [-0.2, -0.15) is 0 Å². The average Bonchev–Trinajstić information content (AvgIpc) is 2.56. The molecule has 0 aromatic rings. The second kappa shape index (κ2) is 10.8. The summed E-state index contributed by atoms with van der Waals surface area (Å²) in [5, 5.41) is 52.0. The Morgan fingerprint density at radius 3 is 2.23 bits per heavy atom. The zero-order chi connectivity index (χ0) is 20.6. The highest BCUT2D eigenvalue weighted by atomic mass is 32.2. The van der Waals surface area contributed by atoms with Gasteiger partial charge in [-0.15, -0.1) is 12.6 Å². The molecule has 0 aliphatic heterocycles. The molecule has 0 radical (unpaired) electrons. The van der Waals surface area contributed by atoms with Crippen LogP contribution >= 0.6 is 12.6 Å². The number of aliphatic hydroxyl groups is 5. The molecule has 4 unspecified atom stereocenters. The van der Waals surface area contributed by atoms with Gasteiger partial charge in [-0.05, 0) is 12.8 Å². The number of unbranched alkanes of at least 4 members (excludes halogenated alkanes) is 1. The quantitative estimate of drug-likeness (QED) is 0.0904. The monoisotopic (exact) mass is 418 g/mol. The molecule has 0 saturated carbocycles. The van der Waals surface area contributed by atoms with Crippen molar-refractivity contribution >= 4 is 28.6 Å². The molecule has 0 saturated heterocycles. The first-order valence-corrected chi connectivity index (χ1v) is 10.5. The predicted molar refractivity (Wildman–Crippen MR) is 98.0 cm³/mol. The van der Waals surface area contributed by atoms with Gasteiger partial charge in [0, 0.05) is 13.1 Å². The third-order valence-corrected chi connectivity index (χ3v) is 5.21. The minimum atomic E-state index is -3.36. The van der Waals surface area contributed by atoms with Gasteiger partial charge in [-0.3, -0.25) is 4.79 Å². The van der Waals surface area contributed by atoms with Crippen LogP contribution in [-0.2, 0) is 14.8 Å². The molecule has 0 bridgehead atoms. The first-order chi connectivity index (χ1) is 11.8. The van der Waals surface area contributed by atoms with E-state index in [4.69, 9.17) is 5.11 Å². The maximum Gasteiger partial charge on any atom is 0.256 e. The van der Waals surface area contributed by atoms with E-state index in [0.29, 0.717) is 12.8 Å². The van der Waals surface area contributed by atoms with Crippen molar-refractivity contribution < 1.29 is 38.7 Å².